The van der Waals surface area contributed by atoms with Crippen molar-refractivity contribution < 1.29 is 9.59 Å². The molecule has 2 fully saturated rings. The van der Waals surface area contributed by atoms with Gasteiger partial charge in [0.05, 0.1) is 11.0 Å². The minimum atomic E-state index is -0.632. The highest BCUT2D eigenvalue weighted by Gasteiger charge is 2.48. The van der Waals surface area contributed by atoms with Crippen LogP contribution in [0.3, 0.4) is 0 Å². The van der Waals surface area contributed by atoms with E-state index in [9.17, 15) is 9.59 Å². The fraction of sp³-hybridized carbons (Fsp3) is 0.867. The Kier molecular flexibility index (Phi) is 4.09. The number of fused-ring (bicyclic) bond motifs is 2. The van der Waals surface area contributed by atoms with Crippen LogP contribution < -0.4 is 16.4 Å². The van der Waals surface area contributed by atoms with Gasteiger partial charge in [-0.15, -0.1) is 0 Å². The minimum Gasteiger partial charge on any atom is -0.369 e. The van der Waals surface area contributed by atoms with E-state index in [0.717, 1.165) is 12.8 Å². The molecule has 0 unspecified atom stereocenters. The maximum atomic E-state index is 12.2. The second-order valence-electron chi connectivity index (χ2n) is 7.16. The van der Waals surface area contributed by atoms with Crippen molar-refractivity contribution >= 4 is 11.8 Å². The van der Waals surface area contributed by atoms with E-state index < -0.39 is 11.0 Å². The zero-order chi connectivity index (χ0) is 15.0. The van der Waals surface area contributed by atoms with E-state index in [1.807, 2.05) is 13.8 Å². The van der Waals surface area contributed by atoms with Crippen LogP contribution in [0.5, 0.6) is 0 Å². The average molecular weight is 281 g/mol. The Labute approximate surface area is 121 Å². The van der Waals surface area contributed by atoms with E-state index in [2.05, 4.69) is 10.6 Å². The maximum absolute atomic E-state index is 12.2. The quantitative estimate of drug-likeness (QED) is 0.696. The van der Waals surface area contributed by atoms with Crippen molar-refractivity contribution in [3.8, 4) is 0 Å². The van der Waals surface area contributed by atoms with Crippen molar-refractivity contribution in [1.82, 2.24) is 10.6 Å². The molecule has 20 heavy (non-hydrogen) atoms. The fourth-order valence-corrected chi connectivity index (χ4v) is 3.75. The third-order valence-corrected chi connectivity index (χ3v) is 5.31. The Morgan fingerprint density at radius 2 is 1.80 bits per heavy atom. The summed E-state index contributed by atoms with van der Waals surface area (Å²) in [5.41, 5.74) is 4.51. The fourth-order valence-electron chi connectivity index (χ4n) is 3.75. The third kappa shape index (κ3) is 2.82. The molecule has 2 bridgehead atoms. The molecule has 114 valence electrons. The second-order valence-corrected chi connectivity index (χ2v) is 7.16. The molecule has 4 N–H and O–H groups in total. The Morgan fingerprint density at radius 1 is 1.25 bits per heavy atom. The summed E-state index contributed by atoms with van der Waals surface area (Å²) in [6.07, 6.45) is 5.30. The molecule has 5 heteroatoms. The van der Waals surface area contributed by atoms with Gasteiger partial charge in [-0.3, -0.25) is 9.59 Å². The molecule has 2 saturated carbocycles. The predicted molar refractivity (Wildman–Crippen MR) is 77.8 cm³/mol. The molecular weight excluding hydrogens is 254 g/mol. The molecule has 0 aromatic rings. The summed E-state index contributed by atoms with van der Waals surface area (Å²) in [4.78, 5) is 24.1. The van der Waals surface area contributed by atoms with E-state index in [1.165, 1.54) is 19.3 Å². The largest absolute Gasteiger partial charge is 0.369 e. The van der Waals surface area contributed by atoms with Gasteiger partial charge < -0.3 is 16.4 Å². The highest BCUT2D eigenvalue weighted by atomic mass is 16.2. The lowest BCUT2D eigenvalue weighted by atomic mass is 9.68. The summed E-state index contributed by atoms with van der Waals surface area (Å²) >= 11 is 0. The summed E-state index contributed by atoms with van der Waals surface area (Å²) < 4.78 is 0. The average Bonchev–Trinajstić information content (AvgIpc) is 2.75. The topological polar surface area (TPSA) is 84.2 Å². The molecule has 2 aliphatic rings. The van der Waals surface area contributed by atoms with Gasteiger partial charge in [0.25, 0.3) is 0 Å². The number of rotatable bonds is 5. The number of hydrogen-bond donors (Lipinski definition) is 3. The van der Waals surface area contributed by atoms with Crippen LogP contribution in [-0.4, -0.2) is 30.9 Å². The first-order valence-electron chi connectivity index (χ1n) is 7.56. The summed E-state index contributed by atoms with van der Waals surface area (Å²) in [7, 11) is 1.75. The molecule has 0 aromatic carbocycles. The Morgan fingerprint density at radius 3 is 2.25 bits per heavy atom. The van der Waals surface area contributed by atoms with Gasteiger partial charge in [0.2, 0.25) is 11.8 Å². The molecule has 0 aromatic heterocycles. The Bertz CT molecular complexity index is 394. The van der Waals surface area contributed by atoms with Crippen LogP contribution in [0, 0.1) is 17.3 Å². The van der Waals surface area contributed by atoms with Gasteiger partial charge >= 0.3 is 0 Å². The first kappa shape index (κ1) is 15.3. The van der Waals surface area contributed by atoms with E-state index in [0.29, 0.717) is 18.4 Å². The van der Waals surface area contributed by atoms with E-state index in [1.54, 1.807) is 7.05 Å². The Balaban J connectivity index is 2.04. The molecule has 0 aliphatic heterocycles. The summed E-state index contributed by atoms with van der Waals surface area (Å²) in [5, 5.41) is 5.90. The van der Waals surface area contributed by atoms with Gasteiger partial charge in [0.1, 0.15) is 0 Å². The molecule has 3 atom stereocenters. The highest BCUT2D eigenvalue weighted by Crippen LogP contribution is 2.50. The number of likely N-dealkylation sites (N-methyl/N-ethyl adjacent to an activating group) is 1. The van der Waals surface area contributed by atoms with Crippen molar-refractivity contribution in [2.24, 2.45) is 23.0 Å². The van der Waals surface area contributed by atoms with E-state index in [4.69, 9.17) is 5.73 Å². The lowest BCUT2D eigenvalue weighted by Gasteiger charge is -2.39. The van der Waals surface area contributed by atoms with Gasteiger partial charge in [-0.2, -0.15) is 0 Å². The first-order valence-corrected chi connectivity index (χ1v) is 7.56. The van der Waals surface area contributed by atoms with Crippen molar-refractivity contribution in [2.75, 3.05) is 13.6 Å². The van der Waals surface area contributed by atoms with Crippen LogP contribution in [-0.2, 0) is 9.59 Å². The smallest absolute Gasteiger partial charge is 0.239 e. The molecule has 0 saturated heterocycles. The van der Waals surface area contributed by atoms with Crippen LogP contribution in [0.4, 0.5) is 0 Å². The number of carbonyl (C=O) groups is 2. The number of amides is 2. The molecule has 2 rings (SSSR count). The zero-order valence-electron chi connectivity index (χ0n) is 12.8. The van der Waals surface area contributed by atoms with Crippen LogP contribution in [0.25, 0.3) is 0 Å². The van der Waals surface area contributed by atoms with Crippen LogP contribution >= 0.6 is 0 Å². The molecule has 0 spiro atoms. The monoisotopic (exact) mass is 281 g/mol. The highest BCUT2D eigenvalue weighted by molar-refractivity contribution is 5.87. The van der Waals surface area contributed by atoms with Gasteiger partial charge in [-0.1, -0.05) is 12.8 Å². The Hall–Kier alpha value is -1.10. The second kappa shape index (κ2) is 5.35. The van der Waals surface area contributed by atoms with Gasteiger partial charge in [-0.25, -0.2) is 0 Å². The van der Waals surface area contributed by atoms with Crippen LogP contribution in [0.15, 0.2) is 0 Å². The summed E-state index contributed by atoms with van der Waals surface area (Å²) in [6.45, 7) is 4.02. The standard InChI is InChI=1S/C15H27N3O2/c1-14(2,17-3)13(20)18-9-15(12(16)19)7-10-4-5-11(6-10)8-15/h10-11,17H,4-9H2,1-3H3,(H2,16,19)(H,18,20)/t10-,11+,15+. The SMILES string of the molecule is CNC(C)(C)C(=O)NC[C@]1(C(N)=O)C[C@@H]2CC[C@@H](C2)C1. The molecule has 2 amide bonds. The molecular formula is C15H27N3O2. The van der Waals surface area contributed by atoms with Crippen LogP contribution in [0.2, 0.25) is 0 Å². The summed E-state index contributed by atoms with van der Waals surface area (Å²) in [6, 6.07) is 0. The number of nitrogens with one attached hydrogen (secondary N) is 2. The predicted octanol–water partition coefficient (Wildman–Crippen LogP) is 0.782. The normalized spacial score (nSPS) is 33.0. The number of carbonyl (C=O) groups excluding carboxylic acids is 2. The third-order valence-electron chi connectivity index (χ3n) is 5.31. The van der Waals surface area contributed by atoms with E-state index in [-0.39, 0.29) is 11.8 Å². The summed E-state index contributed by atoms with van der Waals surface area (Å²) in [5.74, 6) is 0.876. The molecule has 0 heterocycles. The zero-order valence-corrected chi connectivity index (χ0v) is 12.8. The number of nitrogens with two attached hydrogens (primary N) is 1. The minimum absolute atomic E-state index is 0.0847. The van der Waals surface area contributed by atoms with E-state index >= 15 is 0 Å². The van der Waals surface area contributed by atoms with Gasteiger partial charge in [-0.05, 0) is 52.0 Å². The van der Waals surface area contributed by atoms with Gasteiger partial charge in [0, 0.05) is 6.54 Å². The van der Waals surface area contributed by atoms with Gasteiger partial charge in [0.15, 0.2) is 0 Å². The number of primary amides is 1. The lowest BCUT2D eigenvalue weighted by molar-refractivity contribution is -0.132. The first-order chi connectivity index (χ1) is 9.29. The van der Waals surface area contributed by atoms with Crippen molar-refractivity contribution in [3.63, 3.8) is 0 Å². The molecule has 0 radical (unpaired) electrons. The molecule has 5 nitrogen and oxygen atoms in total. The lowest BCUT2D eigenvalue weighted by Crippen LogP contribution is -2.56. The maximum Gasteiger partial charge on any atom is 0.239 e. The van der Waals surface area contributed by atoms with Crippen molar-refractivity contribution in [2.45, 2.75) is 51.5 Å². The number of hydrogen-bond acceptors (Lipinski definition) is 3. The van der Waals surface area contributed by atoms with Crippen LogP contribution in [0.1, 0.15) is 46.0 Å². The molecule has 2 aliphatic carbocycles. The van der Waals surface area contributed by atoms with Crippen molar-refractivity contribution in [1.29, 1.82) is 0 Å². The van der Waals surface area contributed by atoms with Crippen molar-refractivity contribution in [3.05, 3.63) is 0 Å².